The van der Waals surface area contributed by atoms with E-state index in [9.17, 15) is 13.6 Å². The van der Waals surface area contributed by atoms with Gasteiger partial charge in [0, 0.05) is 0 Å². The fraction of sp³-hybridized carbons (Fsp3) is 0.857. The molecule has 1 heterocycles. The van der Waals surface area contributed by atoms with Crippen molar-refractivity contribution in [1.29, 1.82) is 0 Å². The molecule has 1 aliphatic rings. The summed E-state index contributed by atoms with van der Waals surface area (Å²) in [6, 6.07) is -0.296. The minimum atomic E-state index is -3.01. The molecule has 0 saturated carbocycles. The number of halogens is 3. The number of hydrogen-bond acceptors (Lipinski definition) is 2. The standard InChI is InChI=1S/C7H11BrF2N2O/c8-7(9,10)4-12-6(13)5-2-1-3-11-5/h5,11H,1-4H2,(H,12,13)/t5-/m1/s1. The van der Waals surface area contributed by atoms with E-state index in [1.165, 1.54) is 0 Å². The monoisotopic (exact) mass is 256 g/mol. The zero-order valence-corrected chi connectivity index (χ0v) is 8.53. The molecule has 1 amide bonds. The summed E-state index contributed by atoms with van der Waals surface area (Å²) in [6.45, 7) is 0.118. The van der Waals surface area contributed by atoms with Crippen molar-refractivity contribution in [2.75, 3.05) is 13.1 Å². The Bertz CT molecular complexity index is 189. The van der Waals surface area contributed by atoms with Crippen LogP contribution < -0.4 is 10.6 Å². The SMILES string of the molecule is O=C(NCC(F)(F)Br)[C@H]1CCCN1. The van der Waals surface area contributed by atoms with Crippen molar-refractivity contribution in [3.8, 4) is 0 Å². The molecule has 1 fully saturated rings. The van der Waals surface area contributed by atoms with Crippen molar-refractivity contribution in [2.45, 2.75) is 23.7 Å². The normalized spacial score (nSPS) is 23.2. The summed E-state index contributed by atoms with van der Waals surface area (Å²) in [4.78, 5) is 8.15. The van der Waals surface area contributed by atoms with Crippen LogP contribution in [0.4, 0.5) is 8.78 Å². The first kappa shape index (κ1) is 10.8. The number of carbonyl (C=O) groups excluding carboxylic acids is 1. The lowest BCUT2D eigenvalue weighted by Crippen LogP contribution is -2.43. The highest BCUT2D eigenvalue weighted by molar-refractivity contribution is 9.10. The maximum absolute atomic E-state index is 12.3. The first-order chi connectivity index (χ1) is 5.99. The van der Waals surface area contributed by atoms with Gasteiger partial charge in [0.1, 0.15) is 0 Å². The molecule has 0 spiro atoms. The number of nitrogens with one attached hydrogen (secondary N) is 2. The second kappa shape index (κ2) is 4.32. The van der Waals surface area contributed by atoms with Crippen LogP contribution in [-0.4, -0.2) is 29.9 Å². The first-order valence-electron chi connectivity index (χ1n) is 4.07. The minimum absolute atomic E-state index is 0.296. The Morgan fingerprint density at radius 2 is 2.38 bits per heavy atom. The summed E-state index contributed by atoms with van der Waals surface area (Å²) in [5.41, 5.74) is 0. The highest BCUT2D eigenvalue weighted by Gasteiger charge is 2.27. The van der Waals surface area contributed by atoms with Crippen LogP contribution in [-0.2, 0) is 4.79 Å². The van der Waals surface area contributed by atoms with E-state index in [0.29, 0.717) is 0 Å². The Balaban J connectivity index is 2.25. The zero-order chi connectivity index (χ0) is 9.90. The van der Waals surface area contributed by atoms with E-state index >= 15 is 0 Å². The average Bonchev–Trinajstić information content (AvgIpc) is 2.50. The third-order valence-corrected chi connectivity index (χ3v) is 2.12. The summed E-state index contributed by atoms with van der Waals surface area (Å²) < 4.78 is 24.5. The fourth-order valence-electron chi connectivity index (χ4n) is 1.22. The average molecular weight is 257 g/mol. The van der Waals surface area contributed by atoms with Crippen LogP contribution in [0, 0.1) is 0 Å². The van der Waals surface area contributed by atoms with Crippen LogP contribution in [0.5, 0.6) is 0 Å². The van der Waals surface area contributed by atoms with Gasteiger partial charge in [0.2, 0.25) is 5.91 Å². The van der Waals surface area contributed by atoms with E-state index in [2.05, 4.69) is 26.6 Å². The first-order valence-corrected chi connectivity index (χ1v) is 4.86. The highest BCUT2D eigenvalue weighted by Crippen LogP contribution is 2.19. The summed E-state index contributed by atoms with van der Waals surface area (Å²) in [6.07, 6.45) is 1.64. The van der Waals surface area contributed by atoms with Gasteiger partial charge in [-0.2, -0.15) is 8.78 Å². The molecule has 0 bridgehead atoms. The Morgan fingerprint density at radius 1 is 1.69 bits per heavy atom. The highest BCUT2D eigenvalue weighted by atomic mass is 79.9. The molecule has 0 aliphatic carbocycles. The van der Waals surface area contributed by atoms with E-state index in [0.717, 1.165) is 19.4 Å². The molecule has 2 N–H and O–H groups in total. The van der Waals surface area contributed by atoms with Crippen LogP contribution in [0.25, 0.3) is 0 Å². The second-order valence-corrected chi connectivity index (χ2v) is 4.14. The molecule has 0 radical (unpaired) electrons. The number of rotatable bonds is 3. The van der Waals surface area contributed by atoms with Gasteiger partial charge in [0.15, 0.2) is 0 Å². The molecule has 1 saturated heterocycles. The van der Waals surface area contributed by atoms with E-state index < -0.39 is 11.4 Å². The quantitative estimate of drug-likeness (QED) is 0.736. The molecular weight excluding hydrogens is 246 g/mol. The van der Waals surface area contributed by atoms with Crippen LogP contribution >= 0.6 is 15.9 Å². The third-order valence-electron chi connectivity index (χ3n) is 1.84. The number of alkyl halides is 3. The molecule has 0 aromatic carbocycles. The van der Waals surface area contributed by atoms with Gasteiger partial charge >= 0.3 is 4.83 Å². The van der Waals surface area contributed by atoms with Gasteiger partial charge in [-0.3, -0.25) is 4.79 Å². The Kier molecular flexibility index (Phi) is 3.61. The molecule has 0 unspecified atom stereocenters. The molecule has 1 rings (SSSR count). The van der Waals surface area contributed by atoms with Crippen molar-refractivity contribution in [1.82, 2.24) is 10.6 Å². The summed E-state index contributed by atoms with van der Waals surface area (Å²) >= 11 is 2.15. The smallest absolute Gasteiger partial charge is 0.318 e. The van der Waals surface area contributed by atoms with Crippen molar-refractivity contribution < 1.29 is 13.6 Å². The molecule has 1 aliphatic heterocycles. The van der Waals surface area contributed by atoms with Crippen molar-refractivity contribution in [2.24, 2.45) is 0 Å². The lowest BCUT2D eigenvalue weighted by molar-refractivity contribution is -0.123. The van der Waals surface area contributed by atoms with Gasteiger partial charge in [0.25, 0.3) is 0 Å². The summed E-state index contributed by atoms with van der Waals surface area (Å²) in [5.74, 6) is -0.350. The van der Waals surface area contributed by atoms with Crippen LogP contribution in [0.1, 0.15) is 12.8 Å². The van der Waals surface area contributed by atoms with Crippen LogP contribution in [0.3, 0.4) is 0 Å². The van der Waals surface area contributed by atoms with Gasteiger partial charge in [-0.15, -0.1) is 0 Å². The molecule has 6 heteroatoms. The lowest BCUT2D eigenvalue weighted by atomic mass is 10.2. The van der Waals surface area contributed by atoms with Crippen molar-refractivity contribution in [3.63, 3.8) is 0 Å². The maximum atomic E-state index is 12.3. The van der Waals surface area contributed by atoms with Crippen molar-refractivity contribution >= 4 is 21.8 Å². The lowest BCUT2D eigenvalue weighted by Gasteiger charge is -2.13. The van der Waals surface area contributed by atoms with Gasteiger partial charge in [0.05, 0.1) is 12.6 Å². The van der Waals surface area contributed by atoms with Crippen LogP contribution in [0.15, 0.2) is 0 Å². The van der Waals surface area contributed by atoms with Gasteiger partial charge < -0.3 is 10.6 Å². The number of amides is 1. The Labute approximate surface area is 83.4 Å². The molecule has 0 aromatic heterocycles. The van der Waals surface area contributed by atoms with E-state index in [-0.39, 0.29) is 11.9 Å². The maximum Gasteiger partial charge on any atom is 0.318 e. The Hall–Kier alpha value is -0.230. The summed E-state index contributed by atoms with van der Waals surface area (Å²) in [7, 11) is 0. The zero-order valence-electron chi connectivity index (χ0n) is 6.95. The molecule has 76 valence electrons. The van der Waals surface area contributed by atoms with E-state index in [4.69, 9.17) is 0 Å². The predicted octanol–water partition coefficient (Wildman–Crippen LogP) is 0.842. The van der Waals surface area contributed by atoms with E-state index in [1.54, 1.807) is 0 Å². The number of hydrogen-bond donors (Lipinski definition) is 2. The van der Waals surface area contributed by atoms with E-state index in [1.807, 2.05) is 0 Å². The fourth-order valence-corrected chi connectivity index (χ4v) is 1.36. The Morgan fingerprint density at radius 3 is 2.85 bits per heavy atom. The molecular formula is C7H11BrF2N2O. The molecule has 3 nitrogen and oxygen atoms in total. The van der Waals surface area contributed by atoms with Crippen molar-refractivity contribution in [3.05, 3.63) is 0 Å². The van der Waals surface area contributed by atoms with Gasteiger partial charge in [-0.1, -0.05) is 0 Å². The number of carbonyl (C=O) groups is 1. The van der Waals surface area contributed by atoms with Crippen LogP contribution in [0.2, 0.25) is 0 Å². The van der Waals surface area contributed by atoms with Gasteiger partial charge in [-0.25, -0.2) is 0 Å². The largest absolute Gasteiger partial charge is 0.348 e. The second-order valence-electron chi connectivity index (χ2n) is 2.98. The molecule has 1 atom stereocenters. The topological polar surface area (TPSA) is 41.1 Å². The van der Waals surface area contributed by atoms with Gasteiger partial charge in [-0.05, 0) is 35.3 Å². The molecule has 0 aromatic rings. The predicted molar refractivity (Wildman–Crippen MR) is 47.9 cm³/mol. The summed E-state index contributed by atoms with van der Waals surface area (Å²) in [5, 5.41) is 5.09. The minimum Gasteiger partial charge on any atom is -0.348 e. The molecule has 13 heavy (non-hydrogen) atoms. The third kappa shape index (κ3) is 3.99.